The van der Waals surface area contributed by atoms with Crippen LogP contribution >= 0.6 is 15.6 Å². The Labute approximate surface area is 193 Å². The first-order chi connectivity index (χ1) is 15.5. The van der Waals surface area contributed by atoms with Gasteiger partial charge in [0, 0.05) is 6.54 Å². The molecule has 0 aromatic heterocycles. The number of hydrogen-bond acceptors (Lipinski definition) is 6. The van der Waals surface area contributed by atoms with Crippen LogP contribution in [-0.2, 0) is 18.0 Å². The van der Waals surface area contributed by atoms with Crippen LogP contribution in [0.2, 0.25) is 0 Å². The fraction of sp³-hybridized carbons (Fsp3) is 0.273. The van der Waals surface area contributed by atoms with Gasteiger partial charge in [-0.3, -0.25) is 4.52 Å². The molecule has 0 bridgehead atoms. The van der Waals surface area contributed by atoms with Crippen molar-refractivity contribution in [2.75, 3.05) is 18.5 Å². The molecule has 0 fully saturated rings. The van der Waals surface area contributed by atoms with E-state index in [1.807, 2.05) is 68.4 Å². The van der Waals surface area contributed by atoms with Crippen molar-refractivity contribution in [3.8, 4) is 11.5 Å². The summed E-state index contributed by atoms with van der Waals surface area (Å²) < 4.78 is 36.2. The van der Waals surface area contributed by atoms with E-state index < -0.39 is 15.6 Å². The van der Waals surface area contributed by atoms with Gasteiger partial charge in [-0.05, 0) is 51.0 Å². The summed E-state index contributed by atoms with van der Waals surface area (Å²) in [6.45, 7) is 4.17. The number of nitrogens with one attached hydrogen (secondary N) is 1. The molecule has 0 aliphatic heterocycles. The second-order valence-corrected chi connectivity index (χ2v) is 10.1. The number of hydrogen-bond donors (Lipinski definition) is 4. The molecule has 1 unspecified atom stereocenters. The minimum absolute atomic E-state index is 0.304. The maximum absolute atomic E-state index is 11.4. The van der Waals surface area contributed by atoms with Crippen LogP contribution < -0.4 is 10.1 Å². The van der Waals surface area contributed by atoms with Crippen LogP contribution in [0.1, 0.15) is 26.7 Å². The van der Waals surface area contributed by atoms with Crippen molar-refractivity contribution in [2.24, 2.45) is 0 Å². The molecule has 2 aromatic rings. The lowest BCUT2D eigenvalue weighted by Crippen LogP contribution is -2.04. The Morgan fingerprint density at radius 2 is 1.61 bits per heavy atom. The number of phosphoric ester groups is 1. The zero-order valence-electron chi connectivity index (χ0n) is 18.5. The summed E-state index contributed by atoms with van der Waals surface area (Å²) in [4.78, 5) is 26.4. The highest BCUT2D eigenvalue weighted by molar-refractivity contribution is 7.60. The molecule has 33 heavy (non-hydrogen) atoms. The van der Waals surface area contributed by atoms with Crippen molar-refractivity contribution in [2.45, 2.75) is 26.7 Å². The summed E-state index contributed by atoms with van der Waals surface area (Å²) in [6.07, 6.45) is 5.07. The fourth-order valence-corrected chi connectivity index (χ4v) is 4.23. The Bertz CT molecular complexity index is 1050. The Balaban J connectivity index is 1.79. The van der Waals surface area contributed by atoms with Crippen LogP contribution in [0.5, 0.6) is 11.5 Å². The van der Waals surface area contributed by atoms with Crippen LogP contribution in [0.4, 0.5) is 5.69 Å². The summed E-state index contributed by atoms with van der Waals surface area (Å²) >= 11 is 0. The summed E-state index contributed by atoms with van der Waals surface area (Å²) in [5.74, 6) is 1.50. The molecule has 2 aromatic carbocycles. The van der Waals surface area contributed by atoms with Crippen LogP contribution in [0.25, 0.3) is 0 Å². The predicted molar refractivity (Wildman–Crippen MR) is 127 cm³/mol. The third-order valence-electron chi connectivity index (χ3n) is 4.33. The molecule has 0 saturated heterocycles. The van der Waals surface area contributed by atoms with Crippen LogP contribution in [0, 0.1) is 0 Å². The minimum atomic E-state index is -5.11. The predicted octanol–water partition coefficient (Wildman–Crippen LogP) is 5.79. The van der Waals surface area contributed by atoms with E-state index in [0.717, 1.165) is 34.8 Å². The first-order valence-corrected chi connectivity index (χ1v) is 13.2. The molecule has 0 radical (unpaired) electrons. The van der Waals surface area contributed by atoms with Gasteiger partial charge in [-0.25, -0.2) is 9.13 Å². The number of ether oxygens (including phenoxy) is 1. The molecule has 2 rings (SSSR count). The van der Waals surface area contributed by atoms with Gasteiger partial charge in [-0.1, -0.05) is 53.6 Å². The van der Waals surface area contributed by atoms with Crippen molar-refractivity contribution >= 4 is 21.3 Å². The zero-order valence-corrected chi connectivity index (χ0v) is 20.2. The molecule has 0 saturated carbocycles. The lowest BCUT2D eigenvalue weighted by atomic mass is 10.1. The Hall–Kier alpha value is -2.22. The standard InChI is InChI=1S/C22H29NO8P2/c1-18(15-16-29-33(27,28)31-32(24,25)26)9-8-10-19(2)17-23-21-13-6-7-14-22(21)30-20-11-4-3-5-12-20/h3-7,10-15,23H,8-9,16-17H2,1-2H3,(H,27,28)(H2,24,25,26)/b18-15+,19-10+. The van der Waals surface area contributed by atoms with Gasteiger partial charge in [-0.2, -0.15) is 4.31 Å². The van der Waals surface area contributed by atoms with Crippen LogP contribution in [0.15, 0.2) is 77.9 Å². The Morgan fingerprint density at radius 1 is 0.939 bits per heavy atom. The molecule has 0 amide bonds. The van der Waals surface area contributed by atoms with E-state index in [2.05, 4.69) is 20.2 Å². The Morgan fingerprint density at radius 3 is 2.30 bits per heavy atom. The highest BCUT2D eigenvalue weighted by atomic mass is 31.3. The number of allylic oxidation sites excluding steroid dienone is 2. The van der Waals surface area contributed by atoms with E-state index in [-0.39, 0.29) is 6.61 Å². The van der Waals surface area contributed by atoms with E-state index in [4.69, 9.17) is 14.5 Å². The maximum atomic E-state index is 11.4. The first-order valence-electron chi connectivity index (χ1n) is 10.2. The third kappa shape index (κ3) is 11.5. The summed E-state index contributed by atoms with van der Waals surface area (Å²) in [5, 5.41) is 3.38. The largest absolute Gasteiger partial charge is 0.481 e. The van der Waals surface area contributed by atoms with Crippen molar-refractivity contribution in [3.63, 3.8) is 0 Å². The number of para-hydroxylation sites is 3. The van der Waals surface area contributed by atoms with E-state index in [9.17, 15) is 14.0 Å². The van der Waals surface area contributed by atoms with Gasteiger partial charge in [0.1, 0.15) is 5.75 Å². The quantitative estimate of drug-likeness (QED) is 0.200. The monoisotopic (exact) mass is 497 g/mol. The average Bonchev–Trinajstić information content (AvgIpc) is 2.72. The van der Waals surface area contributed by atoms with Gasteiger partial charge in [0.2, 0.25) is 0 Å². The topological polar surface area (TPSA) is 135 Å². The summed E-state index contributed by atoms with van der Waals surface area (Å²) in [5.41, 5.74) is 2.90. The molecule has 1 atom stereocenters. The Kier molecular flexibility index (Phi) is 10.5. The van der Waals surface area contributed by atoms with Crippen LogP contribution in [-0.4, -0.2) is 27.8 Å². The van der Waals surface area contributed by atoms with E-state index in [0.29, 0.717) is 13.0 Å². The van der Waals surface area contributed by atoms with Crippen molar-refractivity contribution in [3.05, 3.63) is 77.9 Å². The number of phosphoric acid groups is 2. The van der Waals surface area contributed by atoms with Crippen LogP contribution in [0.3, 0.4) is 0 Å². The summed E-state index contributed by atoms with van der Waals surface area (Å²) in [7, 11) is -9.93. The highest BCUT2D eigenvalue weighted by Gasteiger charge is 2.31. The van der Waals surface area contributed by atoms with E-state index in [1.54, 1.807) is 6.08 Å². The highest BCUT2D eigenvalue weighted by Crippen LogP contribution is 2.57. The van der Waals surface area contributed by atoms with Crippen molar-refractivity contribution < 1.29 is 37.4 Å². The molecule has 9 nitrogen and oxygen atoms in total. The van der Waals surface area contributed by atoms with Crippen molar-refractivity contribution in [1.82, 2.24) is 0 Å². The molecule has 0 aliphatic carbocycles. The van der Waals surface area contributed by atoms with Gasteiger partial charge in [0.25, 0.3) is 0 Å². The maximum Gasteiger partial charge on any atom is 0.481 e. The lowest BCUT2D eigenvalue weighted by Gasteiger charge is -2.13. The molecule has 11 heteroatoms. The fourth-order valence-electron chi connectivity index (χ4n) is 2.70. The number of benzene rings is 2. The van der Waals surface area contributed by atoms with E-state index in [1.165, 1.54) is 0 Å². The van der Waals surface area contributed by atoms with Crippen molar-refractivity contribution in [1.29, 1.82) is 0 Å². The lowest BCUT2D eigenvalue weighted by molar-refractivity contribution is 0.191. The molecular formula is C22H29NO8P2. The normalized spacial score (nSPS) is 14.6. The SMILES string of the molecule is C/C(=C\COP(=O)(O)OP(=O)(O)O)CC/C=C(\C)CNc1ccccc1Oc1ccccc1. The minimum Gasteiger partial charge on any atom is -0.455 e. The van der Waals surface area contributed by atoms with E-state index >= 15 is 0 Å². The smallest absolute Gasteiger partial charge is 0.455 e. The van der Waals surface area contributed by atoms with Gasteiger partial charge < -0.3 is 24.7 Å². The van der Waals surface area contributed by atoms with Gasteiger partial charge in [-0.15, -0.1) is 0 Å². The molecule has 180 valence electrons. The molecule has 0 spiro atoms. The zero-order chi connectivity index (χ0) is 24.3. The first kappa shape index (κ1) is 27.0. The van der Waals surface area contributed by atoms with Gasteiger partial charge >= 0.3 is 15.6 Å². The third-order valence-corrected chi connectivity index (χ3v) is 6.48. The second kappa shape index (κ2) is 12.9. The number of anilines is 1. The number of rotatable bonds is 13. The average molecular weight is 497 g/mol. The van der Waals surface area contributed by atoms with Gasteiger partial charge in [0.05, 0.1) is 12.3 Å². The summed E-state index contributed by atoms with van der Waals surface area (Å²) in [6, 6.07) is 17.3. The molecular weight excluding hydrogens is 468 g/mol. The second-order valence-electron chi connectivity index (χ2n) is 7.24. The molecule has 4 N–H and O–H groups in total. The van der Waals surface area contributed by atoms with Gasteiger partial charge in [0.15, 0.2) is 5.75 Å². The molecule has 0 heterocycles. The molecule has 0 aliphatic rings.